The number of aromatic nitrogens is 3. The summed E-state index contributed by atoms with van der Waals surface area (Å²) in [4.78, 5) is 9.69. The summed E-state index contributed by atoms with van der Waals surface area (Å²) in [6, 6.07) is 26.6. The van der Waals surface area contributed by atoms with E-state index in [2.05, 4.69) is 70.8 Å². The van der Waals surface area contributed by atoms with Crippen molar-refractivity contribution in [2.24, 2.45) is 16.7 Å². The third kappa shape index (κ3) is 5.07. The number of nitrogens with two attached hydrogens (primary N) is 2. The van der Waals surface area contributed by atoms with Gasteiger partial charge < -0.3 is 15.6 Å². The van der Waals surface area contributed by atoms with Crippen molar-refractivity contribution in [3.8, 4) is 11.1 Å². The zero-order valence-electron chi connectivity index (χ0n) is 21.9. The maximum absolute atomic E-state index is 6.25. The molecule has 192 valence electrons. The SMILES string of the molecule is CCc1nc2c(C)cc(C)nc2n1Cc1ccc(-c2cc(Nc3ccccc3)ccc2/C(N)=N/NN)cc1. The van der Waals surface area contributed by atoms with E-state index in [4.69, 9.17) is 21.5 Å². The van der Waals surface area contributed by atoms with Crippen LogP contribution >= 0.6 is 0 Å². The lowest BCUT2D eigenvalue weighted by atomic mass is 9.97. The molecule has 0 aliphatic rings. The summed E-state index contributed by atoms with van der Waals surface area (Å²) in [5, 5.41) is 7.46. The van der Waals surface area contributed by atoms with E-state index in [1.165, 1.54) is 0 Å². The number of amidine groups is 1. The van der Waals surface area contributed by atoms with E-state index in [-0.39, 0.29) is 0 Å². The minimum Gasteiger partial charge on any atom is -0.382 e. The van der Waals surface area contributed by atoms with Crippen LogP contribution in [0.25, 0.3) is 22.3 Å². The third-order valence-electron chi connectivity index (χ3n) is 6.57. The highest BCUT2D eigenvalue weighted by atomic mass is 15.5. The highest BCUT2D eigenvalue weighted by Gasteiger charge is 2.15. The molecule has 2 aromatic heterocycles. The molecular weight excluding hydrogens is 472 g/mol. The van der Waals surface area contributed by atoms with Gasteiger partial charge in [-0.1, -0.05) is 49.4 Å². The molecular formula is C30H32N8. The molecule has 8 nitrogen and oxygen atoms in total. The molecule has 8 heteroatoms. The average Bonchev–Trinajstić information content (AvgIpc) is 3.27. The van der Waals surface area contributed by atoms with Crippen LogP contribution < -0.4 is 22.4 Å². The Balaban J connectivity index is 1.50. The fourth-order valence-electron chi connectivity index (χ4n) is 4.76. The van der Waals surface area contributed by atoms with Gasteiger partial charge in [0.05, 0.1) is 6.54 Å². The summed E-state index contributed by atoms with van der Waals surface area (Å²) in [6.45, 7) is 6.94. The summed E-state index contributed by atoms with van der Waals surface area (Å²) in [5.41, 5.74) is 18.5. The number of anilines is 2. The van der Waals surface area contributed by atoms with Crippen LogP contribution in [0.5, 0.6) is 0 Å². The van der Waals surface area contributed by atoms with E-state index in [0.29, 0.717) is 12.4 Å². The zero-order chi connectivity index (χ0) is 26.6. The normalized spacial score (nSPS) is 11.6. The monoisotopic (exact) mass is 504 g/mol. The van der Waals surface area contributed by atoms with Gasteiger partial charge in [0.2, 0.25) is 0 Å². The molecule has 0 saturated carbocycles. The van der Waals surface area contributed by atoms with Crippen LogP contribution in [0.3, 0.4) is 0 Å². The number of rotatable bonds is 8. The molecule has 3 aromatic carbocycles. The summed E-state index contributed by atoms with van der Waals surface area (Å²) in [7, 11) is 0. The molecule has 38 heavy (non-hydrogen) atoms. The van der Waals surface area contributed by atoms with Gasteiger partial charge in [-0.3, -0.25) is 0 Å². The van der Waals surface area contributed by atoms with E-state index in [9.17, 15) is 0 Å². The van der Waals surface area contributed by atoms with Crippen molar-refractivity contribution in [3.63, 3.8) is 0 Å². The van der Waals surface area contributed by atoms with Crippen LogP contribution in [0, 0.1) is 13.8 Å². The molecule has 6 N–H and O–H groups in total. The quantitative estimate of drug-likeness (QED) is 0.100. The summed E-state index contributed by atoms with van der Waals surface area (Å²) in [5.74, 6) is 6.76. The number of fused-ring (bicyclic) bond motifs is 1. The number of hydrogen-bond acceptors (Lipinski definition) is 6. The van der Waals surface area contributed by atoms with Gasteiger partial charge in [0.25, 0.3) is 0 Å². The van der Waals surface area contributed by atoms with Crippen molar-refractivity contribution in [1.82, 2.24) is 20.1 Å². The smallest absolute Gasteiger partial charge is 0.160 e. The average molecular weight is 505 g/mol. The Hall–Kier alpha value is -4.69. The molecule has 0 amide bonds. The number of hydrazine groups is 1. The van der Waals surface area contributed by atoms with Gasteiger partial charge in [-0.2, -0.15) is 0 Å². The molecule has 5 rings (SSSR count). The number of hydrazone groups is 1. The Morgan fingerprint density at radius 1 is 0.921 bits per heavy atom. The predicted molar refractivity (Wildman–Crippen MR) is 155 cm³/mol. The van der Waals surface area contributed by atoms with Gasteiger partial charge in [0.1, 0.15) is 11.3 Å². The number of nitrogens with one attached hydrogen (secondary N) is 2. The number of pyridine rings is 1. The predicted octanol–water partition coefficient (Wildman–Crippen LogP) is 5.15. The van der Waals surface area contributed by atoms with Gasteiger partial charge in [-0.25, -0.2) is 21.3 Å². The molecule has 0 atom stereocenters. The Bertz CT molecular complexity index is 1600. The van der Waals surface area contributed by atoms with Crippen LogP contribution in [0.4, 0.5) is 11.4 Å². The van der Waals surface area contributed by atoms with Crippen LogP contribution in [0.2, 0.25) is 0 Å². The molecule has 0 aliphatic heterocycles. The summed E-state index contributed by atoms with van der Waals surface area (Å²) >= 11 is 0. The van der Waals surface area contributed by atoms with E-state index in [1.54, 1.807) is 0 Å². The lowest BCUT2D eigenvalue weighted by Gasteiger charge is -2.14. The second-order valence-electron chi connectivity index (χ2n) is 9.29. The molecule has 0 saturated heterocycles. The first-order valence-corrected chi connectivity index (χ1v) is 12.6. The summed E-state index contributed by atoms with van der Waals surface area (Å²) < 4.78 is 2.22. The molecule has 0 fully saturated rings. The number of nitrogens with zero attached hydrogens (tertiary/aromatic N) is 4. The Kier molecular flexibility index (Phi) is 7.06. The van der Waals surface area contributed by atoms with Crippen LogP contribution in [-0.4, -0.2) is 20.4 Å². The van der Waals surface area contributed by atoms with Gasteiger partial charge in [0, 0.05) is 29.1 Å². The first-order chi connectivity index (χ1) is 18.5. The van der Waals surface area contributed by atoms with Gasteiger partial charge >= 0.3 is 0 Å². The van der Waals surface area contributed by atoms with E-state index < -0.39 is 0 Å². The van der Waals surface area contributed by atoms with Crippen LogP contribution in [0.1, 0.15) is 35.1 Å². The minimum absolute atomic E-state index is 0.312. The Labute approximate surface area is 222 Å². The van der Waals surface area contributed by atoms with Gasteiger partial charge in [0.15, 0.2) is 11.5 Å². The van der Waals surface area contributed by atoms with Gasteiger partial charge in [-0.15, -0.1) is 5.10 Å². The van der Waals surface area contributed by atoms with E-state index in [1.807, 2.05) is 49.4 Å². The fourth-order valence-corrected chi connectivity index (χ4v) is 4.76. The fraction of sp³-hybridized carbons (Fsp3) is 0.167. The topological polar surface area (TPSA) is 119 Å². The standard InChI is InChI=1S/C30H32N8/c1-4-27-35-28-19(2)16-20(3)33-30(28)38(27)18-21-10-12-22(13-11-21)26-17-24(34-23-8-6-5-7-9-23)14-15-25(26)29(31)36-37-32/h5-17,34,37H,4,18,32H2,1-3H3,(H2,31,36). The van der Waals surface area contributed by atoms with Crippen molar-refractivity contribution in [2.45, 2.75) is 33.7 Å². The van der Waals surface area contributed by atoms with E-state index >= 15 is 0 Å². The Morgan fingerprint density at radius 3 is 2.39 bits per heavy atom. The molecule has 0 radical (unpaired) electrons. The lowest BCUT2D eigenvalue weighted by molar-refractivity contribution is 0.745. The van der Waals surface area contributed by atoms with Crippen LogP contribution in [0.15, 0.2) is 84.0 Å². The highest BCUT2D eigenvalue weighted by molar-refractivity contribution is 6.04. The molecule has 0 bridgehead atoms. The number of imidazole rings is 1. The first-order valence-electron chi connectivity index (χ1n) is 12.6. The minimum atomic E-state index is 0.312. The molecule has 0 aliphatic carbocycles. The number of benzene rings is 3. The molecule has 0 unspecified atom stereocenters. The lowest BCUT2D eigenvalue weighted by Crippen LogP contribution is -2.23. The van der Waals surface area contributed by atoms with Crippen molar-refractivity contribution >= 4 is 28.4 Å². The Morgan fingerprint density at radius 2 is 1.68 bits per heavy atom. The summed E-state index contributed by atoms with van der Waals surface area (Å²) in [6.07, 6.45) is 0.839. The van der Waals surface area contributed by atoms with Crippen molar-refractivity contribution in [1.29, 1.82) is 0 Å². The largest absolute Gasteiger partial charge is 0.382 e. The second-order valence-corrected chi connectivity index (χ2v) is 9.29. The number of para-hydroxylation sites is 1. The van der Waals surface area contributed by atoms with Crippen molar-refractivity contribution in [2.75, 3.05) is 5.32 Å². The molecule has 2 heterocycles. The highest BCUT2D eigenvalue weighted by Crippen LogP contribution is 2.30. The first kappa shape index (κ1) is 25.0. The maximum Gasteiger partial charge on any atom is 0.160 e. The maximum atomic E-state index is 6.25. The zero-order valence-corrected chi connectivity index (χ0v) is 21.9. The number of aryl methyl sites for hydroxylation is 3. The van der Waals surface area contributed by atoms with Crippen molar-refractivity contribution in [3.05, 3.63) is 107 Å². The van der Waals surface area contributed by atoms with Crippen molar-refractivity contribution < 1.29 is 0 Å². The van der Waals surface area contributed by atoms with Gasteiger partial charge in [-0.05, 0) is 72.5 Å². The number of hydrogen-bond donors (Lipinski definition) is 4. The van der Waals surface area contributed by atoms with E-state index in [0.717, 1.165) is 68.3 Å². The molecule has 0 spiro atoms. The van der Waals surface area contributed by atoms with Crippen LogP contribution in [-0.2, 0) is 13.0 Å². The second kappa shape index (κ2) is 10.7. The molecule has 5 aromatic rings. The third-order valence-corrected chi connectivity index (χ3v) is 6.57.